The first-order chi connectivity index (χ1) is 11.2. The quantitative estimate of drug-likeness (QED) is 0.730. The van der Waals surface area contributed by atoms with Crippen LogP contribution in [0.25, 0.3) is 11.3 Å². The lowest BCUT2D eigenvalue weighted by atomic mass is 10.0. The molecule has 23 heavy (non-hydrogen) atoms. The third-order valence-electron chi connectivity index (χ3n) is 3.57. The summed E-state index contributed by atoms with van der Waals surface area (Å²) in [6.45, 7) is 1.93. The van der Waals surface area contributed by atoms with Crippen molar-refractivity contribution in [1.82, 2.24) is 0 Å². The Balaban J connectivity index is 1.95. The van der Waals surface area contributed by atoms with E-state index in [2.05, 4.69) is 5.32 Å². The first-order valence-electron chi connectivity index (χ1n) is 7.20. The third-order valence-corrected chi connectivity index (χ3v) is 3.57. The highest BCUT2D eigenvalue weighted by atomic mass is 16.3. The van der Waals surface area contributed by atoms with Gasteiger partial charge in [0.25, 0.3) is 5.91 Å². The van der Waals surface area contributed by atoms with Gasteiger partial charge in [0.1, 0.15) is 5.76 Å². The molecular weight excluding hydrogens is 290 g/mol. The second-order valence-electron chi connectivity index (χ2n) is 5.13. The molecule has 4 heteroatoms. The largest absolute Gasteiger partial charge is 0.453 e. The number of furan rings is 1. The molecule has 0 fully saturated rings. The van der Waals surface area contributed by atoms with E-state index in [9.17, 15) is 9.59 Å². The number of carbonyl (C=O) groups is 2. The van der Waals surface area contributed by atoms with E-state index in [1.165, 1.54) is 0 Å². The highest BCUT2D eigenvalue weighted by Crippen LogP contribution is 2.26. The fourth-order valence-corrected chi connectivity index (χ4v) is 2.36. The van der Waals surface area contributed by atoms with Crippen molar-refractivity contribution in [3.8, 4) is 11.3 Å². The van der Waals surface area contributed by atoms with Gasteiger partial charge in [-0.2, -0.15) is 0 Å². The minimum atomic E-state index is -0.223. The van der Waals surface area contributed by atoms with E-state index >= 15 is 0 Å². The van der Waals surface area contributed by atoms with Crippen LogP contribution in [0.1, 0.15) is 26.5 Å². The summed E-state index contributed by atoms with van der Waals surface area (Å²) in [5.41, 5.74) is 2.88. The number of aryl methyl sites for hydroxylation is 1. The molecule has 4 nitrogen and oxygen atoms in total. The summed E-state index contributed by atoms with van der Waals surface area (Å²) in [7, 11) is 0. The molecule has 0 saturated heterocycles. The Labute approximate surface area is 133 Å². The lowest BCUT2D eigenvalue weighted by Crippen LogP contribution is -2.13. The number of amides is 1. The zero-order chi connectivity index (χ0) is 16.2. The highest BCUT2D eigenvalue weighted by Gasteiger charge is 2.15. The minimum Gasteiger partial charge on any atom is -0.453 e. The van der Waals surface area contributed by atoms with Crippen molar-refractivity contribution in [2.45, 2.75) is 6.92 Å². The molecular formula is C19H15NO3. The Morgan fingerprint density at radius 3 is 2.48 bits per heavy atom. The van der Waals surface area contributed by atoms with Gasteiger partial charge in [0, 0.05) is 11.3 Å². The highest BCUT2D eigenvalue weighted by molar-refractivity contribution is 6.08. The topological polar surface area (TPSA) is 59.3 Å². The van der Waals surface area contributed by atoms with E-state index in [-0.39, 0.29) is 11.7 Å². The summed E-state index contributed by atoms with van der Waals surface area (Å²) >= 11 is 0. The van der Waals surface area contributed by atoms with Crippen molar-refractivity contribution in [1.29, 1.82) is 0 Å². The SMILES string of the molecule is Cc1ccccc1NC(=O)c1ccccc1-c1ccc(C=O)o1. The average molecular weight is 305 g/mol. The predicted octanol–water partition coefficient (Wildman–Crippen LogP) is 4.32. The molecule has 114 valence electrons. The van der Waals surface area contributed by atoms with E-state index in [1.54, 1.807) is 30.3 Å². The van der Waals surface area contributed by atoms with Crippen molar-refractivity contribution in [2.75, 3.05) is 5.32 Å². The number of para-hydroxylation sites is 1. The van der Waals surface area contributed by atoms with Crippen LogP contribution in [0.3, 0.4) is 0 Å². The summed E-state index contributed by atoms with van der Waals surface area (Å²) in [5.74, 6) is 0.496. The van der Waals surface area contributed by atoms with Gasteiger partial charge in [0.05, 0.1) is 5.56 Å². The lowest BCUT2D eigenvalue weighted by molar-refractivity contribution is 0.102. The number of nitrogens with one attached hydrogen (secondary N) is 1. The summed E-state index contributed by atoms with van der Waals surface area (Å²) < 4.78 is 5.44. The molecule has 2 aromatic carbocycles. The maximum Gasteiger partial charge on any atom is 0.256 e. The molecule has 0 unspecified atom stereocenters. The molecule has 1 N–H and O–H groups in total. The summed E-state index contributed by atoms with van der Waals surface area (Å²) in [6, 6.07) is 18.0. The van der Waals surface area contributed by atoms with Crippen LogP contribution >= 0.6 is 0 Å². The fourth-order valence-electron chi connectivity index (χ4n) is 2.36. The number of rotatable bonds is 4. The number of hydrogen-bond donors (Lipinski definition) is 1. The smallest absolute Gasteiger partial charge is 0.256 e. The second-order valence-corrected chi connectivity index (χ2v) is 5.13. The molecule has 3 rings (SSSR count). The van der Waals surface area contributed by atoms with Crippen LogP contribution in [-0.2, 0) is 0 Å². The number of benzene rings is 2. The molecule has 0 atom stereocenters. The average Bonchev–Trinajstić information content (AvgIpc) is 3.06. The molecule has 0 spiro atoms. The molecule has 0 bridgehead atoms. The number of aldehydes is 1. The van der Waals surface area contributed by atoms with E-state index in [1.807, 2.05) is 37.3 Å². The summed E-state index contributed by atoms with van der Waals surface area (Å²) in [5, 5.41) is 2.91. The maximum atomic E-state index is 12.6. The van der Waals surface area contributed by atoms with Gasteiger partial charge in [0.15, 0.2) is 12.0 Å². The van der Waals surface area contributed by atoms with Crippen LogP contribution in [0.4, 0.5) is 5.69 Å². The van der Waals surface area contributed by atoms with Gasteiger partial charge in [-0.25, -0.2) is 0 Å². The van der Waals surface area contributed by atoms with E-state index in [0.717, 1.165) is 11.3 Å². The monoisotopic (exact) mass is 305 g/mol. The Morgan fingerprint density at radius 1 is 1.00 bits per heavy atom. The summed E-state index contributed by atoms with van der Waals surface area (Å²) in [6.07, 6.45) is 0.638. The number of hydrogen-bond acceptors (Lipinski definition) is 3. The lowest BCUT2D eigenvalue weighted by Gasteiger charge is -2.10. The van der Waals surface area contributed by atoms with Gasteiger partial charge in [-0.3, -0.25) is 9.59 Å². The number of anilines is 1. The van der Waals surface area contributed by atoms with Crippen molar-refractivity contribution < 1.29 is 14.0 Å². The molecule has 1 heterocycles. The Kier molecular flexibility index (Phi) is 4.06. The van der Waals surface area contributed by atoms with Crippen LogP contribution in [0.2, 0.25) is 0 Å². The Bertz CT molecular complexity index is 864. The van der Waals surface area contributed by atoms with Crippen LogP contribution < -0.4 is 5.32 Å². The van der Waals surface area contributed by atoms with Crippen LogP contribution in [0, 0.1) is 6.92 Å². The maximum absolute atomic E-state index is 12.6. The second kappa shape index (κ2) is 6.32. The van der Waals surface area contributed by atoms with Crippen LogP contribution in [-0.4, -0.2) is 12.2 Å². The zero-order valence-corrected chi connectivity index (χ0v) is 12.6. The molecule has 0 aliphatic carbocycles. The van der Waals surface area contributed by atoms with Gasteiger partial charge < -0.3 is 9.73 Å². The van der Waals surface area contributed by atoms with Crippen molar-refractivity contribution >= 4 is 17.9 Å². The Hall–Kier alpha value is -3.14. The molecule has 3 aromatic rings. The third kappa shape index (κ3) is 3.06. The van der Waals surface area contributed by atoms with E-state index in [4.69, 9.17) is 4.42 Å². The van der Waals surface area contributed by atoms with Gasteiger partial charge in [0.2, 0.25) is 0 Å². The summed E-state index contributed by atoms with van der Waals surface area (Å²) in [4.78, 5) is 23.4. The molecule has 0 aliphatic rings. The molecule has 0 saturated carbocycles. The zero-order valence-electron chi connectivity index (χ0n) is 12.6. The predicted molar refractivity (Wildman–Crippen MR) is 88.7 cm³/mol. The normalized spacial score (nSPS) is 10.3. The van der Waals surface area contributed by atoms with Crippen LogP contribution in [0.15, 0.2) is 65.1 Å². The van der Waals surface area contributed by atoms with Crippen molar-refractivity contribution in [3.63, 3.8) is 0 Å². The molecule has 0 radical (unpaired) electrons. The van der Waals surface area contributed by atoms with Gasteiger partial charge in [-0.1, -0.05) is 36.4 Å². The number of carbonyl (C=O) groups excluding carboxylic acids is 2. The molecule has 0 aliphatic heterocycles. The Morgan fingerprint density at radius 2 is 1.74 bits per heavy atom. The van der Waals surface area contributed by atoms with E-state index in [0.29, 0.717) is 23.2 Å². The van der Waals surface area contributed by atoms with Gasteiger partial charge >= 0.3 is 0 Å². The van der Waals surface area contributed by atoms with Crippen molar-refractivity contribution in [2.24, 2.45) is 0 Å². The minimum absolute atomic E-state index is 0.223. The first-order valence-corrected chi connectivity index (χ1v) is 7.20. The van der Waals surface area contributed by atoms with Crippen LogP contribution in [0.5, 0.6) is 0 Å². The first kappa shape index (κ1) is 14.8. The van der Waals surface area contributed by atoms with E-state index < -0.39 is 0 Å². The molecule has 1 amide bonds. The van der Waals surface area contributed by atoms with Crippen molar-refractivity contribution in [3.05, 3.63) is 77.6 Å². The van der Waals surface area contributed by atoms with Gasteiger partial charge in [-0.05, 0) is 36.8 Å². The van der Waals surface area contributed by atoms with Gasteiger partial charge in [-0.15, -0.1) is 0 Å². The standard InChI is InChI=1S/C19H15NO3/c1-13-6-2-5-9-17(13)20-19(22)16-8-4-3-7-15(16)18-11-10-14(12-21)23-18/h2-12H,1H3,(H,20,22). The molecule has 1 aromatic heterocycles. The fraction of sp³-hybridized carbons (Fsp3) is 0.0526.